The molecule has 0 atom stereocenters. The van der Waals surface area contributed by atoms with Gasteiger partial charge in [0.1, 0.15) is 11.5 Å². The second kappa shape index (κ2) is 4.57. The summed E-state index contributed by atoms with van der Waals surface area (Å²) in [6, 6.07) is 3.88. The lowest BCUT2D eigenvalue weighted by Crippen LogP contribution is -2.24. The molecule has 1 amide bonds. The Morgan fingerprint density at radius 3 is 2.84 bits per heavy atom. The highest BCUT2D eigenvalue weighted by Crippen LogP contribution is 2.21. The molecule has 3 rings (SSSR count). The van der Waals surface area contributed by atoms with E-state index in [-0.39, 0.29) is 5.91 Å². The molecule has 0 aromatic carbocycles. The van der Waals surface area contributed by atoms with Crippen LogP contribution in [0.2, 0.25) is 0 Å². The minimum atomic E-state index is -0.132. The van der Waals surface area contributed by atoms with Crippen LogP contribution in [0.25, 0.3) is 0 Å². The largest absolute Gasteiger partial charge is 0.456 e. The zero-order chi connectivity index (χ0) is 13.4. The van der Waals surface area contributed by atoms with E-state index in [0.717, 1.165) is 35.6 Å². The Labute approximate surface area is 111 Å². The lowest BCUT2D eigenvalue weighted by atomic mass is 10.1. The summed E-state index contributed by atoms with van der Waals surface area (Å²) in [6.45, 7) is 3.77. The molecule has 0 bridgehead atoms. The van der Waals surface area contributed by atoms with Crippen molar-refractivity contribution < 1.29 is 13.7 Å². The number of hydrogen-bond donors (Lipinski definition) is 1. The van der Waals surface area contributed by atoms with E-state index in [1.165, 1.54) is 0 Å². The number of nitrogens with one attached hydrogen (secondary N) is 1. The second-order valence-corrected chi connectivity index (χ2v) is 4.99. The first-order chi connectivity index (χ1) is 9.13. The van der Waals surface area contributed by atoms with Crippen molar-refractivity contribution in [2.45, 2.75) is 39.2 Å². The first-order valence-corrected chi connectivity index (χ1v) is 6.45. The van der Waals surface area contributed by atoms with Crippen molar-refractivity contribution in [1.82, 2.24) is 10.5 Å². The molecule has 0 aliphatic heterocycles. The van der Waals surface area contributed by atoms with Gasteiger partial charge >= 0.3 is 0 Å². The van der Waals surface area contributed by atoms with Gasteiger partial charge in [-0.05, 0) is 38.8 Å². The Balaban J connectivity index is 1.72. The molecule has 1 fully saturated rings. The molecule has 2 heterocycles. The van der Waals surface area contributed by atoms with Gasteiger partial charge in [0, 0.05) is 18.0 Å². The fourth-order valence-corrected chi connectivity index (χ4v) is 2.01. The lowest BCUT2D eigenvalue weighted by molar-refractivity contribution is 0.0921. The summed E-state index contributed by atoms with van der Waals surface area (Å²) in [5.41, 5.74) is 1.88. The highest BCUT2D eigenvalue weighted by atomic mass is 16.5. The SMILES string of the molecule is Cc1noc(C)c1Cc1ccc(C(=O)NC2CC2)o1. The van der Waals surface area contributed by atoms with E-state index in [9.17, 15) is 4.79 Å². The molecule has 1 N–H and O–H groups in total. The van der Waals surface area contributed by atoms with Crippen LogP contribution in [0.5, 0.6) is 0 Å². The smallest absolute Gasteiger partial charge is 0.287 e. The number of rotatable bonds is 4. The number of amides is 1. The van der Waals surface area contributed by atoms with Gasteiger partial charge in [-0.1, -0.05) is 5.16 Å². The van der Waals surface area contributed by atoms with Crippen molar-refractivity contribution in [3.05, 3.63) is 40.7 Å². The minimum Gasteiger partial charge on any atom is -0.456 e. The van der Waals surface area contributed by atoms with Gasteiger partial charge in [0.15, 0.2) is 5.76 Å². The summed E-state index contributed by atoms with van der Waals surface area (Å²) in [5, 5.41) is 6.81. The Bertz CT molecular complexity index is 588. The summed E-state index contributed by atoms with van der Waals surface area (Å²) in [6.07, 6.45) is 2.73. The van der Waals surface area contributed by atoms with Crippen LogP contribution in [0.4, 0.5) is 0 Å². The topological polar surface area (TPSA) is 68.3 Å². The van der Waals surface area contributed by atoms with Crippen LogP contribution in [-0.4, -0.2) is 17.1 Å². The molecule has 0 radical (unpaired) electrons. The quantitative estimate of drug-likeness (QED) is 0.916. The van der Waals surface area contributed by atoms with E-state index in [4.69, 9.17) is 8.94 Å². The summed E-state index contributed by atoms with van der Waals surface area (Å²) < 4.78 is 10.7. The van der Waals surface area contributed by atoms with E-state index in [0.29, 0.717) is 18.2 Å². The first kappa shape index (κ1) is 12.0. The van der Waals surface area contributed by atoms with Gasteiger partial charge in [0.2, 0.25) is 0 Å². The molecule has 5 nitrogen and oxygen atoms in total. The Morgan fingerprint density at radius 2 is 2.21 bits per heavy atom. The van der Waals surface area contributed by atoms with Crippen LogP contribution in [0.1, 0.15) is 46.2 Å². The van der Waals surface area contributed by atoms with Gasteiger partial charge in [0.05, 0.1) is 5.69 Å². The molecule has 1 aliphatic carbocycles. The van der Waals surface area contributed by atoms with E-state index in [1.54, 1.807) is 6.07 Å². The molecule has 100 valence electrons. The fraction of sp³-hybridized carbons (Fsp3) is 0.429. The molecule has 0 saturated heterocycles. The minimum absolute atomic E-state index is 0.132. The van der Waals surface area contributed by atoms with Gasteiger partial charge < -0.3 is 14.3 Å². The fourth-order valence-electron chi connectivity index (χ4n) is 2.01. The zero-order valence-corrected chi connectivity index (χ0v) is 11.0. The molecule has 2 aromatic rings. The normalized spacial score (nSPS) is 14.6. The van der Waals surface area contributed by atoms with Crippen molar-refractivity contribution >= 4 is 5.91 Å². The Kier molecular flexibility index (Phi) is 2.89. The van der Waals surface area contributed by atoms with E-state index in [2.05, 4.69) is 10.5 Å². The standard InChI is InChI=1S/C14H16N2O3/c1-8-12(9(2)19-16-8)7-11-5-6-13(18-11)14(17)15-10-3-4-10/h5-6,10H,3-4,7H2,1-2H3,(H,15,17). The summed E-state index contributed by atoms with van der Waals surface area (Å²) in [5.74, 6) is 1.77. The third-order valence-corrected chi connectivity index (χ3v) is 3.33. The highest BCUT2D eigenvalue weighted by molar-refractivity contribution is 5.91. The predicted octanol–water partition coefficient (Wildman–Crippen LogP) is 2.37. The molecule has 1 saturated carbocycles. The maximum absolute atomic E-state index is 11.8. The Hall–Kier alpha value is -2.04. The van der Waals surface area contributed by atoms with Crippen molar-refractivity contribution in [3.8, 4) is 0 Å². The number of hydrogen-bond acceptors (Lipinski definition) is 4. The van der Waals surface area contributed by atoms with Crippen LogP contribution in [0, 0.1) is 13.8 Å². The maximum atomic E-state index is 11.8. The molecule has 19 heavy (non-hydrogen) atoms. The predicted molar refractivity (Wildman–Crippen MR) is 68.0 cm³/mol. The molecule has 1 aliphatic rings. The number of aromatic nitrogens is 1. The zero-order valence-electron chi connectivity index (χ0n) is 11.0. The molecular formula is C14H16N2O3. The third-order valence-electron chi connectivity index (χ3n) is 3.33. The first-order valence-electron chi connectivity index (χ1n) is 6.45. The lowest BCUT2D eigenvalue weighted by Gasteiger charge is -1.99. The van der Waals surface area contributed by atoms with Gasteiger partial charge in [-0.3, -0.25) is 4.79 Å². The molecule has 0 spiro atoms. The van der Waals surface area contributed by atoms with Crippen LogP contribution in [-0.2, 0) is 6.42 Å². The number of carbonyl (C=O) groups excluding carboxylic acids is 1. The average molecular weight is 260 g/mol. The number of nitrogens with zero attached hydrogens (tertiary/aromatic N) is 1. The Morgan fingerprint density at radius 1 is 1.42 bits per heavy atom. The second-order valence-electron chi connectivity index (χ2n) is 4.99. The van der Waals surface area contributed by atoms with Gasteiger partial charge in [-0.2, -0.15) is 0 Å². The van der Waals surface area contributed by atoms with Gasteiger partial charge in [-0.15, -0.1) is 0 Å². The molecule has 2 aromatic heterocycles. The summed E-state index contributed by atoms with van der Waals surface area (Å²) in [7, 11) is 0. The van der Waals surface area contributed by atoms with Crippen LogP contribution in [0.3, 0.4) is 0 Å². The number of furan rings is 1. The van der Waals surface area contributed by atoms with Crippen LogP contribution in [0.15, 0.2) is 21.1 Å². The highest BCUT2D eigenvalue weighted by Gasteiger charge is 2.25. The van der Waals surface area contributed by atoms with E-state index in [1.807, 2.05) is 19.9 Å². The van der Waals surface area contributed by atoms with Crippen LogP contribution >= 0.6 is 0 Å². The van der Waals surface area contributed by atoms with E-state index >= 15 is 0 Å². The third kappa shape index (κ3) is 2.54. The summed E-state index contributed by atoms with van der Waals surface area (Å²) in [4.78, 5) is 11.8. The van der Waals surface area contributed by atoms with Gasteiger partial charge in [-0.25, -0.2) is 0 Å². The monoisotopic (exact) mass is 260 g/mol. The van der Waals surface area contributed by atoms with Crippen molar-refractivity contribution in [1.29, 1.82) is 0 Å². The maximum Gasteiger partial charge on any atom is 0.287 e. The number of carbonyl (C=O) groups is 1. The summed E-state index contributed by atoms with van der Waals surface area (Å²) >= 11 is 0. The molecular weight excluding hydrogens is 244 g/mol. The average Bonchev–Trinajstić information content (AvgIpc) is 2.98. The molecule has 0 unspecified atom stereocenters. The number of aryl methyl sites for hydroxylation is 2. The molecule has 5 heteroatoms. The van der Waals surface area contributed by atoms with Crippen molar-refractivity contribution in [2.24, 2.45) is 0 Å². The van der Waals surface area contributed by atoms with E-state index < -0.39 is 0 Å². The van der Waals surface area contributed by atoms with Gasteiger partial charge in [0.25, 0.3) is 5.91 Å². The van der Waals surface area contributed by atoms with Crippen molar-refractivity contribution in [2.75, 3.05) is 0 Å². The van der Waals surface area contributed by atoms with Crippen LogP contribution < -0.4 is 5.32 Å². The van der Waals surface area contributed by atoms with Crippen molar-refractivity contribution in [3.63, 3.8) is 0 Å².